The van der Waals surface area contributed by atoms with E-state index in [0.717, 1.165) is 24.5 Å². The van der Waals surface area contributed by atoms with Gasteiger partial charge in [0.15, 0.2) is 0 Å². The second kappa shape index (κ2) is 9.26. The van der Waals surface area contributed by atoms with Crippen molar-refractivity contribution in [2.75, 3.05) is 44.2 Å². The van der Waals surface area contributed by atoms with Crippen molar-refractivity contribution in [2.45, 2.75) is 13.3 Å². The van der Waals surface area contributed by atoms with Crippen LogP contribution < -0.4 is 15.0 Å². The van der Waals surface area contributed by atoms with Gasteiger partial charge in [-0.3, -0.25) is 0 Å². The third-order valence-electron chi connectivity index (χ3n) is 4.70. The average Bonchev–Trinajstić information content (AvgIpc) is 2.70. The van der Waals surface area contributed by atoms with E-state index in [2.05, 4.69) is 16.3 Å². The van der Waals surface area contributed by atoms with Gasteiger partial charge in [-0.05, 0) is 37.1 Å². The van der Waals surface area contributed by atoms with Crippen molar-refractivity contribution in [3.63, 3.8) is 0 Å². The Kier molecular flexibility index (Phi) is 6.52. The van der Waals surface area contributed by atoms with E-state index in [4.69, 9.17) is 4.74 Å². The van der Waals surface area contributed by atoms with E-state index in [1.54, 1.807) is 23.1 Å². The van der Waals surface area contributed by atoms with Gasteiger partial charge in [-0.2, -0.15) is 0 Å². The number of amides is 2. The molecule has 1 aliphatic rings. The molecule has 0 saturated carbocycles. The number of urea groups is 1. The number of hydrogen-bond acceptors (Lipinski definition) is 3. The minimum Gasteiger partial charge on any atom is -0.492 e. The maximum absolute atomic E-state index is 13.6. The summed E-state index contributed by atoms with van der Waals surface area (Å²) in [5, 5.41) is 2.89. The van der Waals surface area contributed by atoms with Gasteiger partial charge in [0.1, 0.15) is 11.6 Å². The summed E-state index contributed by atoms with van der Waals surface area (Å²) in [7, 11) is 0. The Bertz CT molecular complexity index is 761. The smallest absolute Gasteiger partial charge is 0.317 e. The fourth-order valence-electron chi connectivity index (χ4n) is 3.26. The van der Waals surface area contributed by atoms with Gasteiger partial charge in [0.05, 0.1) is 12.3 Å². The minimum absolute atomic E-state index is 0.0934. The summed E-state index contributed by atoms with van der Waals surface area (Å²) in [5.41, 5.74) is 1.69. The van der Waals surface area contributed by atoms with Crippen LogP contribution in [0.4, 0.5) is 14.9 Å². The number of ether oxygens (including phenoxy) is 1. The first kappa shape index (κ1) is 19.0. The zero-order valence-electron chi connectivity index (χ0n) is 15.7. The van der Waals surface area contributed by atoms with Crippen molar-refractivity contribution in [3.05, 3.63) is 59.9 Å². The molecule has 0 atom stereocenters. The molecule has 5 nitrogen and oxygen atoms in total. The third-order valence-corrected chi connectivity index (χ3v) is 4.70. The van der Waals surface area contributed by atoms with Crippen LogP contribution in [0, 0.1) is 5.82 Å². The normalized spacial score (nSPS) is 14.1. The maximum Gasteiger partial charge on any atom is 0.317 e. The second-order valence-electron chi connectivity index (χ2n) is 6.45. The van der Waals surface area contributed by atoms with Gasteiger partial charge in [0, 0.05) is 32.7 Å². The predicted molar refractivity (Wildman–Crippen MR) is 105 cm³/mol. The molecule has 0 aliphatic carbocycles. The van der Waals surface area contributed by atoms with Crippen molar-refractivity contribution in [1.29, 1.82) is 0 Å². The number of nitrogens with one attached hydrogen (secondary N) is 1. The molecule has 0 radical (unpaired) electrons. The van der Waals surface area contributed by atoms with Crippen LogP contribution in [0.1, 0.15) is 12.5 Å². The van der Waals surface area contributed by atoms with Gasteiger partial charge in [0.2, 0.25) is 0 Å². The van der Waals surface area contributed by atoms with Gasteiger partial charge >= 0.3 is 6.03 Å². The number of piperazine rings is 1. The molecule has 1 saturated heterocycles. The summed E-state index contributed by atoms with van der Waals surface area (Å²) in [4.78, 5) is 16.4. The van der Waals surface area contributed by atoms with Gasteiger partial charge in [-0.1, -0.05) is 30.3 Å². The molecule has 27 heavy (non-hydrogen) atoms. The van der Waals surface area contributed by atoms with Crippen molar-refractivity contribution in [3.8, 4) is 5.75 Å². The van der Waals surface area contributed by atoms with Crippen molar-refractivity contribution < 1.29 is 13.9 Å². The Hall–Kier alpha value is -2.76. The molecular formula is C21H26FN3O2. The van der Waals surface area contributed by atoms with Crippen LogP contribution in [-0.4, -0.2) is 50.3 Å². The van der Waals surface area contributed by atoms with Gasteiger partial charge < -0.3 is 19.9 Å². The molecule has 1 fully saturated rings. The van der Waals surface area contributed by atoms with E-state index in [-0.39, 0.29) is 11.8 Å². The van der Waals surface area contributed by atoms with Crippen LogP contribution in [0.3, 0.4) is 0 Å². The fraction of sp³-hybridized carbons (Fsp3) is 0.381. The minimum atomic E-state index is -0.228. The predicted octanol–water partition coefficient (Wildman–Crippen LogP) is 3.30. The van der Waals surface area contributed by atoms with Crippen molar-refractivity contribution in [2.24, 2.45) is 0 Å². The number of hydrogen-bond donors (Lipinski definition) is 1. The highest BCUT2D eigenvalue weighted by Crippen LogP contribution is 2.28. The first-order valence-corrected chi connectivity index (χ1v) is 9.42. The van der Waals surface area contributed by atoms with Gasteiger partial charge in [-0.15, -0.1) is 0 Å². The molecule has 0 unspecified atom stereocenters. The van der Waals surface area contributed by atoms with Gasteiger partial charge in [0.25, 0.3) is 0 Å². The molecule has 3 rings (SSSR count). The van der Waals surface area contributed by atoms with Crippen LogP contribution in [0.15, 0.2) is 48.5 Å². The molecular weight excluding hydrogens is 345 g/mol. The Balaban J connectivity index is 1.47. The maximum atomic E-state index is 13.6. The second-order valence-corrected chi connectivity index (χ2v) is 6.45. The molecule has 1 aliphatic heterocycles. The molecule has 0 aromatic heterocycles. The Morgan fingerprint density at radius 1 is 1.07 bits per heavy atom. The largest absolute Gasteiger partial charge is 0.492 e. The molecule has 144 valence electrons. The lowest BCUT2D eigenvalue weighted by molar-refractivity contribution is 0.194. The summed E-state index contributed by atoms with van der Waals surface area (Å²) in [5.74, 6) is 0.649. The highest BCUT2D eigenvalue weighted by atomic mass is 19.1. The molecule has 6 heteroatoms. The Labute approximate surface area is 159 Å². The van der Waals surface area contributed by atoms with Crippen LogP contribution in [-0.2, 0) is 6.42 Å². The lowest BCUT2D eigenvalue weighted by Crippen LogP contribution is -2.52. The van der Waals surface area contributed by atoms with Crippen LogP contribution in [0.5, 0.6) is 5.75 Å². The quantitative estimate of drug-likeness (QED) is 0.847. The highest BCUT2D eigenvalue weighted by Gasteiger charge is 2.22. The molecule has 1 heterocycles. The number of rotatable bonds is 6. The summed E-state index contributed by atoms with van der Waals surface area (Å²) < 4.78 is 19.3. The van der Waals surface area contributed by atoms with E-state index in [1.807, 2.05) is 25.1 Å². The van der Waals surface area contributed by atoms with E-state index in [0.29, 0.717) is 38.2 Å². The summed E-state index contributed by atoms with van der Waals surface area (Å²) >= 11 is 0. The van der Waals surface area contributed by atoms with E-state index in [1.165, 1.54) is 6.07 Å². The highest BCUT2D eigenvalue weighted by molar-refractivity contribution is 5.74. The van der Waals surface area contributed by atoms with E-state index < -0.39 is 0 Å². The SMILES string of the molecule is CCOc1ccccc1N1CCN(C(=O)NCCc2ccccc2F)CC1. The van der Waals surface area contributed by atoms with Crippen molar-refractivity contribution >= 4 is 11.7 Å². The molecule has 0 spiro atoms. The lowest BCUT2D eigenvalue weighted by atomic mass is 10.1. The fourth-order valence-corrected chi connectivity index (χ4v) is 3.26. The first-order valence-electron chi connectivity index (χ1n) is 9.42. The molecule has 0 bridgehead atoms. The Morgan fingerprint density at radius 3 is 2.52 bits per heavy atom. The number of halogens is 1. The topological polar surface area (TPSA) is 44.8 Å². The van der Waals surface area contributed by atoms with E-state index >= 15 is 0 Å². The van der Waals surface area contributed by atoms with Crippen LogP contribution in [0.25, 0.3) is 0 Å². The monoisotopic (exact) mass is 371 g/mol. The molecule has 1 N–H and O–H groups in total. The summed E-state index contributed by atoms with van der Waals surface area (Å²) in [6.45, 7) is 5.82. The van der Waals surface area contributed by atoms with Crippen LogP contribution in [0.2, 0.25) is 0 Å². The van der Waals surface area contributed by atoms with Crippen molar-refractivity contribution in [1.82, 2.24) is 10.2 Å². The Morgan fingerprint density at radius 2 is 1.78 bits per heavy atom. The van der Waals surface area contributed by atoms with E-state index in [9.17, 15) is 9.18 Å². The third kappa shape index (κ3) is 4.90. The number of carbonyl (C=O) groups is 1. The summed E-state index contributed by atoms with van der Waals surface area (Å²) in [6.07, 6.45) is 0.486. The molecule has 2 aromatic carbocycles. The standard InChI is InChI=1S/C21H26FN3O2/c1-2-27-20-10-6-5-9-19(20)24-13-15-25(16-14-24)21(26)23-12-11-17-7-3-4-8-18(17)22/h3-10H,2,11-16H2,1H3,(H,23,26). The average molecular weight is 371 g/mol. The van der Waals surface area contributed by atoms with Crippen LogP contribution >= 0.6 is 0 Å². The molecule has 2 aromatic rings. The number of para-hydroxylation sites is 2. The number of anilines is 1. The number of carbonyl (C=O) groups excluding carboxylic acids is 1. The first-order chi connectivity index (χ1) is 13.2. The zero-order chi connectivity index (χ0) is 19.1. The lowest BCUT2D eigenvalue weighted by Gasteiger charge is -2.36. The summed E-state index contributed by atoms with van der Waals surface area (Å²) in [6, 6.07) is 14.6. The number of benzene rings is 2. The zero-order valence-corrected chi connectivity index (χ0v) is 15.7. The van der Waals surface area contributed by atoms with Gasteiger partial charge in [-0.25, -0.2) is 9.18 Å². The molecule has 2 amide bonds. The number of nitrogens with zero attached hydrogens (tertiary/aromatic N) is 2.